The van der Waals surface area contributed by atoms with Crippen LogP contribution in [0.4, 0.5) is 13.2 Å². The van der Waals surface area contributed by atoms with Gasteiger partial charge in [-0.3, -0.25) is 0 Å². The Morgan fingerprint density at radius 1 is 0.905 bits per heavy atom. The van der Waals surface area contributed by atoms with Crippen LogP contribution in [0, 0.1) is 0 Å². The van der Waals surface area contributed by atoms with Crippen LogP contribution in [-0.2, 0) is 11.6 Å². The number of hydrogen-bond donors (Lipinski definition) is 0. The number of rotatable bonds is 5. The Hall–Kier alpha value is -1.33. The number of thioether (sulfide) groups is 1. The molecule has 0 heterocycles. The van der Waals surface area contributed by atoms with Gasteiger partial charge in [-0.25, -0.2) is 0 Å². The smallest absolute Gasteiger partial charge is 0.406 e. The lowest BCUT2D eigenvalue weighted by molar-refractivity contribution is -0.274. The van der Waals surface area contributed by atoms with Gasteiger partial charge in [-0.2, -0.15) is 0 Å². The van der Waals surface area contributed by atoms with Crippen LogP contribution in [0.3, 0.4) is 0 Å². The van der Waals surface area contributed by atoms with Crippen molar-refractivity contribution in [3.8, 4) is 5.75 Å². The second-order valence-corrected chi connectivity index (χ2v) is 5.57. The van der Waals surface area contributed by atoms with Gasteiger partial charge in [0.05, 0.1) is 0 Å². The van der Waals surface area contributed by atoms with Crippen molar-refractivity contribution in [1.82, 2.24) is 0 Å². The minimum Gasteiger partial charge on any atom is -0.406 e. The Labute approximate surface area is 130 Å². The molecule has 0 saturated heterocycles. The first-order valence-corrected chi connectivity index (χ1v) is 7.61. The predicted octanol–water partition coefficient (Wildman–Crippen LogP) is 5.62. The van der Waals surface area contributed by atoms with Gasteiger partial charge in [-0.1, -0.05) is 24.3 Å². The highest BCUT2D eigenvalue weighted by Crippen LogP contribution is 2.26. The second kappa shape index (κ2) is 7.09. The molecule has 0 aliphatic heterocycles. The zero-order chi connectivity index (χ0) is 15.3. The standard InChI is InChI=1S/C15H12ClF3OS/c16-9-11-3-7-14(8-4-11)21-10-12-1-5-13(6-2-12)20-15(17,18)19/h1-8H,9-10H2. The molecule has 0 atom stereocenters. The molecule has 0 aromatic heterocycles. The number of hydrogen-bond acceptors (Lipinski definition) is 2. The van der Waals surface area contributed by atoms with Crippen molar-refractivity contribution >= 4 is 23.4 Å². The highest BCUT2D eigenvalue weighted by atomic mass is 35.5. The minimum atomic E-state index is -4.65. The molecule has 0 unspecified atom stereocenters. The van der Waals surface area contributed by atoms with E-state index in [2.05, 4.69) is 4.74 Å². The third-order valence-electron chi connectivity index (χ3n) is 2.64. The van der Waals surface area contributed by atoms with Crippen molar-refractivity contribution < 1.29 is 17.9 Å². The molecule has 1 nitrogen and oxygen atoms in total. The molecule has 0 spiro atoms. The van der Waals surface area contributed by atoms with E-state index in [9.17, 15) is 13.2 Å². The van der Waals surface area contributed by atoms with Crippen LogP contribution in [0.5, 0.6) is 5.75 Å². The highest BCUT2D eigenvalue weighted by molar-refractivity contribution is 7.98. The van der Waals surface area contributed by atoms with E-state index in [1.807, 2.05) is 24.3 Å². The van der Waals surface area contributed by atoms with Crippen LogP contribution < -0.4 is 4.74 Å². The summed E-state index contributed by atoms with van der Waals surface area (Å²) in [4.78, 5) is 1.08. The van der Waals surface area contributed by atoms with Gasteiger partial charge < -0.3 is 4.74 Å². The Morgan fingerprint density at radius 2 is 1.48 bits per heavy atom. The average Bonchev–Trinajstić information content (AvgIpc) is 2.45. The largest absolute Gasteiger partial charge is 0.573 e. The predicted molar refractivity (Wildman–Crippen MR) is 78.7 cm³/mol. The van der Waals surface area contributed by atoms with E-state index in [4.69, 9.17) is 11.6 Å². The fourth-order valence-corrected chi connectivity index (χ4v) is 2.66. The minimum absolute atomic E-state index is 0.206. The molecule has 0 bridgehead atoms. The van der Waals surface area contributed by atoms with Crippen LogP contribution in [-0.4, -0.2) is 6.36 Å². The van der Waals surface area contributed by atoms with E-state index < -0.39 is 6.36 Å². The number of benzene rings is 2. The van der Waals surface area contributed by atoms with Crippen LogP contribution >= 0.6 is 23.4 Å². The van der Waals surface area contributed by atoms with Crippen molar-refractivity contribution in [2.75, 3.05) is 0 Å². The van der Waals surface area contributed by atoms with Crippen LogP contribution in [0.1, 0.15) is 11.1 Å². The van der Waals surface area contributed by atoms with Crippen molar-refractivity contribution in [3.05, 3.63) is 59.7 Å². The number of ether oxygens (including phenoxy) is 1. The monoisotopic (exact) mass is 332 g/mol. The van der Waals surface area contributed by atoms with Crippen molar-refractivity contribution in [2.45, 2.75) is 22.9 Å². The van der Waals surface area contributed by atoms with Gasteiger partial charge in [0.2, 0.25) is 0 Å². The van der Waals surface area contributed by atoms with Gasteiger partial charge in [-0.15, -0.1) is 36.5 Å². The SMILES string of the molecule is FC(F)(F)Oc1ccc(CSc2ccc(CCl)cc2)cc1. The van der Waals surface area contributed by atoms with Crippen LogP contribution in [0.2, 0.25) is 0 Å². The summed E-state index contributed by atoms with van der Waals surface area (Å²) < 4.78 is 39.9. The maximum Gasteiger partial charge on any atom is 0.573 e. The molecule has 112 valence electrons. The molecule has 6 heteroatoms. The zero-order valence-electron chi connectivity index (χ0n) is 10.9. The molecule has 0 aliphatic rings. The molecule has 2 aromatic carbocycles. The zero-order valence-corrected chi connectivity index (χ0v) is 12.4. The van der Waals surface area contributed by atoms with Crippen LogP contribution in [0.25, 0.3) is 0 Å². The summed E-state index contributed by atoms with van der Waals surface area (Å²) in [7, 11) is 0. The summed E-state index contributed by atoms with van der Waals surface area (Å²) in [6, 6.07) is 13.8. The van der Waals surface area contributed by atoms with Gasteiger partial charge >= 0.3 is 6.36 Å². The van der Waals surface area contributed by atoms with Gasteiger partial charge in [0, 0.05) is 16.5 Å². The average molecular weight is 333 g/mol. The van der Waals surface area contributed by atoms with Gasteiger partial charge in [-0.05, 0) is 35.4 Å². The van der Waals surface area contributed by atoms with E-state index in [0.29, 0.717) is 11.6 Å². The van der Waals surface area contributed by atoms with Gasteiger partial charge in [0.15, 0.2) is 0 Å². The molecule has 2 rings (SSSR count). The molecule has 0 aliphatic carbocycles. The molecular formula is C15H12ClF3OS. The van der Waals surface area contributed by atoms with E-state index in [-0.39, 0.29) is 5.75 Å². The first-order chi connectivity index (χ1) is 9.96. The molecule has 0 amide bonds. The molecule has 0 radical (unpaired) electrons. The fraction of sp³-hybridized carbons (Fsp3) is 0.200. The lowest BCUT2D eigenvalue weighted by Gasteiger charge is -2.09. The van der Waals surface area contributed by atoms with Gasteiger partial charge in [0.1, 0.15) is 5.75 Å². The van der Waals surface area contributed by atoms with Crippen molar-refractivity contribution in [2.24, 2.45) is 0 Å². The maximum absolute atomic E-state index is 12.0. The van der Waals surface area contributed by atoms with E-state index >= 15 is 0 Å². The summed E-state index contributed by atoms with van der Waals surface area (Å²) in [5.41, 5.74) is 1.98. The summed E-state index contributed by atoms with van der Waals surface area (Å²) in [5, 5.41) is 0. The van der Waals surface area contributed by atoms with Crippen molar-refractivity contribution in [1.29, 1.82) is 0 Å². The molecule has 0 fully saturated rings. The molecule has 0 saturated carbocycles. The number of halogens is 4. The summed E-state index contributed by atoms with van der Waals surface area (Å²) in [5.74, 6) is 0.945. The van der Waals surface area contributed by atoms with Gasteiger partial charge in [0.25, 0.3) is 0 Å². The fourth-order valence-electron chi connectivity index (χ4n) is 1.63. The second-order valence-electron chi connectivity index (χ2n) is 4.26. The lowest BCUT2D eigenvalue weighted by Crippen LogP contribution is -2.16. The Morgan fingerprint density at radius 3 is 2.00 bits per heavy atom. The summed E-state index contributed by atoms with van der Waals surface area (Å²) in [6.45, 7) is 0. The maximum atomic E-state index is 12.0. The quantitative estimate of drug-likeness (QED) is 0.519. The molecule has 0 N–H and O–H groups in total. The third-order valence-corrected chi connectivity index (χ3v) is 4.03. The Bertz CT molecular complexity index is 567. The first-order valence-electron chi connectivity index (χ1n) is 6.09. The van der Waals surface area contributed by atoms with E-state index in [0.717, 1.165) is 16.0 Å². The lowest BCUT2D eigenvalue weighted by atomic mass is 10.2. The third kappa shape index (κ3) is 5.52. The van der Waals surface area contributed by atoms with Crippen LogP contribution in [0.15, 0.2) is 53.4 Å². The molecule has 2 aromatic rings. The highest BCUT2D eigenvalue weighted by Gasteiger charge is 2.30. The first kappa shape index (κ1) is 16.0. The molecule has 21 heavy (non-hydrogen) atoms. The summed E-state index contributed by atoms with van der Waals surface area (Å²) >= 11 is 7.32. The van der Waals surface area contributed by atoms with Crippen molar-refractivity contribution in [3.63, 3.8) is 0 Å². The Kier molecular flexibility index (Phi) is 5.42. The van der Waals surface area contributed by atoms with E-state index in [1.54, 1.807) is 23.9 Å². The van der Waals surface area contributed by atoms with E-state index in [1.165, 1.54) is 12.1 Å². The normalized spacial score (nSPS) is 11.4. The topological polar surface area (TPSA) is 9.23 Å². The molecular weight excluding hydrogens is 321 g/mol. The number of alkyl halides is 4. The Balaban J connectivity index is 1.91. The summed E-state index contributed by atoms with van der Waals surface area (Å²) in [6.07, 6.45) is -4.65.